The molecule has 3 amide bonds. The molecular formula is C35H52N4O6. The van der Waals surface area contributed by atoms with Gasteiger partial charge in [0.15, 0.2) is 0 Å². The summed E-state index contributed by atoms with van der Waals surface area (Å²) in [5.41, 5.74) is 1.28. The third kappa shape index (κ3) is 11.1. The summed E-state index contributed by atoms with van der Waals surface area (Å²) in [7, 11) is 5.79. The van der Waals surface area contributed by atoms with Gasteiger partial charge in [-0.1, -0.05) is 25.1 Å². The van der Waals surface area contributed by atoms with Gasteiger partial charge in [0.1, 0.15) is 5.75 Å². The van der Waals surface area contributed by atoms with Crippen LogP contribution >= 0.6 is 0 Å². The zero-order valence-corrected chi connectivity index (χ0v) is 27.8. The number of amides is 3. The minimum Gasteiger partial charge on any atom is -0.490 e. The van der Waals surface area contributed by atoms with Crippen LogP contribution in [0.4, 0.5) is 5.69 Å². The van der Waals surface area contributed by atoms with Crippen LogP contribution in [0.25, 0.3) is 0 Å². The third-order valence-electron chi connectivity index (χ3n) is 8.22. The molecule has 4 atom stereocenters. The number of ether oxygens (including phenoxy) is 2. The lowest BCUT2D eigenvalue weighted by atomic mass is 10.0. The van der Waals surface area contributed by atoms with Crippen molar-refractivity contribution >= 4 is 23.4 Å². The Morgan fingerprint density at radius 3 is 2.51 bits per heavy atom. The summed E-state index contributed by atoms with van der Waals surface area (Å²) < 4.78 is 12.7. The molecule has 1 aliphatic rings. The summed E-state index contributed by atoms with van der Waals surface area (Å²) >= 11 is 0. The van der Waals surface area contributed by atoms with E-state index in [4.69, 9.17) is 9.47 Å². The van der Waals surface area contributed by atoms with Crippen molar-refractivity contribution in [1.82, 2.24) is 14.7 Å². The van der Waals surface area contributed by atoms with Crippen molar-refractivity contribution < 1.29 is 29.0 Å². The Morgan fingerprint density at radius 2 is 1.82 bits per heavy atom. The highest BCUT2D eigenvalue weighted by molar-refractivity contribution is 6.05. The number of hydrogen-bond donors (Lipinski definition) is 2. The highest BCUT2D eigenvalue weighted by atomic mass is 16.5. The normalized spacial score (nSPS) is 20.5. The Morgan fingerprint density at radius 1 is 1.09 bits per heavy atom. The number of anilines is 1. The molecule has 0 saturated carbocycles. The number of nitrogens with one attached hydrogen (secondary N) is 1. The van der Waals surface area contributed by atoms with Gasteiger partial charge in [0.25, 0.3) is 11.8 Å². The number of likely N-dealkylation sites (N-methyl/N-ethyl adjacent to an activating group) is 1. The van der Waals surface area contributed by atoms with E-state index in [1.807, 2.05) is 34.0 Å². The third-order valence-corrected chi connectivity index (χ3v) is 8.22. The topological polar surface area (TPSA) is 112 Å². The lowest BCUT2D eigenvalue weighted by Crippen LogP contribution is -2.48. The van der Waals surface area contributed by atoms with Crippen LogP contribution in [-0.2, 0) is 9.53 Å². The SMILES string of the molecule is C[C@@H]1CN([C@@H](C)CO)C(=O)c2cc(NC(=O)c3ccccc3)ccc2O[C@@H](C)CCCCO[C@H]1CN(C)C(=O)CCCN(C)C. The smallest absolute Gasteiger partial charge is 0.258 e. The summed E-state index contributed by atoms with van der Waals surface area (Å²) in [5.74, 6) is -0.250. The van der Waals surface area contributed by atoms with Crippen LogP contribution in [0.2, 0.25) is 0 Å². The zero-order valence-electron chi connectivity index (χ0n) is 27.8. The maximum atomic E-state index is 14.3. The second-order valence-electron chi connectivity index (χ2n) is 12.5. The first kappa shape index (κ1) is 36.0. The zero-order chi connectivity index (χ0) is 32.9. The fourth-order valence-electron chi connectivity index (χ4n) is 5.36. The maximum absolute atomic E-state index is 14.3. The Balaban J connectivity index is 1.89. The quantitative estimate of drug-likeness (QED) is 0.400. The molecule has 0 unspecified atom stereocenters. The average Bonchev–Trinajstić information content (AvgIpc) is 3.02. The molecule has 248 valence electrons. The van der Waals surface area contributed by atoms with E-state index in [-0.39, 0.29) is 42.5 Å². The predicted octanol–water partition coefficient (Wildman–Crippen LogP) is 4.53. The second-order valence-corrected chi connectivity index (χ2v) is 12.5. The van der Waals surface area contributed by atoms with Crippen molar-refractivity contribution in [3.63, 3.8) is 0 Å². The fraction of sp³-hybridized carbons (Fsp3) is 0.571. The number of aliphatic hydroxyl groups excluding tert-OH is 1. The summed E-state index contributed by atoms with van der Waals surface area (Å²) in [5, 5.41) is 13.1. The molecule has 0 bridgehead atoms. The molecule has 3 rings (SSSR count). The van der Waals surface area contributed by atoms with Gasteiger partial charge in [-0.3, -0.25) is 14.4 Å². The average molecular weight is 625 g/mol. The van der Waals surface area contributed by atoms with E-state index in [0.717, 1.165) is 32.2 Å². The maximum Gasteiger partial charge on any atom is 0.258 e. The molecular weight excluding hydrogens is 572 g/mol. The summed E-state index contributed by atoms with van der Waals surface area (Å²) in [6.45, 7) is 7.64. The van der Waals surface area contributed by atoms with E-state index >= 15 is 0 Å². The lowest BCUT2D eigenvalue weighted by Gasteiger charge is -2.36. The summed E-state index contributed by atoms with van der Waals surface area (Å²) in [4.78, 5) is 45.5. The Labute approximate surface area is 268 Å². The number of nitrogens with zero attached hydrogens (tertiary/aromatic N) is 3. The van der Waals surface area contributed by atoms with E-state index in [2.05, 4.69) is 10.2 Å². The Hall–Kier alpha value is -3.47. The van der Waals surface area contributed by atoms with Gasteiger partial charge in [0.2, 0.25) is 5.91 Å². The minimum atomic E-state index is -0.494. The number of carbonyl (C=O) groups is 3. The van der Waals surface area contributed by atoms with Crippen LogP contribution in [-0.4, -0.2) is 110 Å². The van der Waals surface area contributed by atoms with Crippen molar-refractivity contribution in [2.75, 3.05) is 59.3 Å². The highest BCUT2D eigenvalue weighted by Gasteiger charge is 2.31. The number of benzene rings is 2. The monoisotopic (exact) mass is 624 g/mol. The Kier molecular flexibility index (Phi) is 14.3. The van der Waals surface area contributed by atoms with Crippen molar-refractivity contribution in [2.24, 2.45) is 5.92 Å². The molecule has 0 aliphatic carbocycles. The number of fused-ring (bicyclic) bond motifs is 1. The molecule has 0 radical (unpaired) electrons. The number of carbonyl (C=O) groups excluding carboxylic acids is 3. The summed E-state index contributed by atoms with van der Waals surface area (Å²) in [6, 6.07) is 13.5. The first-order chi connectivity index (χ1) is 21.5. The minimum absolute atomic E-state index is 0.0636. The van der Waals surface area contributed by atoms with Gasteiger partial charge in [-0.25, -0.2) is 0 Å². The van der Waals surface area contributed by atoms with Crippen LogP contribution in [0.15, 0.2) is 48.5 Å². The van der Waals surface area contributed by atoms with Gasteiger partial charge >= 0.3 is 0 Å². The molecule has 2 N–H and O–H groups in total. The fourth-order valence-corrected chi connectivity index (χ4v) is 5.36. The first-order valence-electron chi connectivity index (χ1n) is 16.1. The van der Waals surface area contributed by atoms with E-state index in [9.17, 15) is 19.5 Å². The Bertz CT molecular complexity index is 1240. The van der Waals surface area contributed by atoms with Crippen molar-refractivity contribution in [1.29, 1.82) is 0 Å². The predicted molar refractivity (Wildman–Crippen MR) is 177 cm³/mol. The van der Waals surface area contributed by atoms with E-state index in [1.54, 1.807) is 66.2 Å². The van der Waals surface area contributed by atoms with Gasteiger partial charge in [0.05, 0.1) is 30.4 Å². The van der Waals surface area contributed by atoms with Crippen LogP contribution in [0.3, 0.4) is 0 Å². The summed E-state index contributed by atoms with van der Waals surface area (Å²) in [6.07, 6.45) is 3.26. The highest BCUT2D eigenvalue weighted by Crippen LogP contribution is 2.29. The standard InChI is InChI=1S/C35H52N4O6/c1-25-22-39(26(2)24-40)35(43)30-21-29(36-34(42)28-14-8-7-9-15-28)17-18-31(30)45-27(3)13-10-11-20-44-32(25)23-38(6)33(41)16-12-19-37(4)5/h7-9,14-15,17-18,21,25-27,32,40H,10-13,16,19-20,22-24H2,1-6H3,(H,36,42)/t25-,26+,27+,32+/m1/s1. The van der Waals surface area contributed by atoms with Crippen LogP contribution < -0.4 is 10.1 Å². The van der Waals surface area contributed by atoms with Gasteiger partial charge in [-0.2, -0.15) is 0 Å². The molecule has 0 saturated heterocycles. The van der Waals surface area contributed by atoms with Crippen LogP contribution in [0.1, 0.15) is 73.6 Å². The van der Waals surface area contributed by atoms with E-state index < -0.39 is 6.04 Å². The molecule has 1 aliphatic heterocycles. The van der Waals surface area contributed by atoms with Gasteiger partial charge < -0.3 is 34.6 Å². The molecule has 10 nitrogen and oxygen atoms in total. The number of rotatable bonds is 10. The van der Waals surface area contributed by atoms with Crippen LogP contribution in [0, 0.1) is 5.92 Å². The van der Waals surface area contributed by atoms with Crippen molar-refractivity contribution in [3.05, 3.63) is 59.7 Å². The van der Waals surface area contributed by atoms with Gasteiger partial charge in [0, 0.05) is 50.3 Å². The van der Waals surface area contributed by atoms with E-state index in [0.29, 0.717) is 48.7 Å². The van der Waals surface area contributed by atoms with Crippen LogP contribution in [0.5, 0.6) is 5.75 Å². The lowest BCUT2D eigenvalue weighted by molar-refractivity contribution is -0.132. The molecule has 0 aromatic heterocycles. The molecule has 45 heavy (non-hydrogen) atoms. The number of aliphatic hydroxyl groups is 1. The van der Waals surface area contributed by atoms with Gasteiger partial charge in [-0.15, -0.1) is 0 Å². The largest absolute Gasteiger partial charge is 0.490 e. The molecule has 2 aromatic rings. The van der Waals surface area contributed by atoms with Gasteiger partial charge in [-0.05, 0) is 90.5 Å². The van der Waals surface area contributed by atoms with Crippen molar-refractivity contribution in [2.45, 2.75) is 71.1 Å². The molecule has 0 spiro atoms. The molecule has 1 heterocycles. The molecule has 0 fully saturated rings. The van der Waals surface area contributed by atoms with Crippen molar-refractivity contribution in [3.8, 4) is 5.75 Å². The van der Waals surface area contributed by atoms with E-state index in [1.165, 1.54) is 0 Å². The molecule has 10 heteroatoms. The molecule has 2 aromatic carbocycles. The first-order valence-corrected chi connectivity index (χ1v) is 16.1. The second kappa shape index (κ2) is 17.9. The number of hydrogen-bond acceptors (Lipinski definition) is 7.